The Labute approximate surface area is 197 Å². The van der Waals surface area contributed by atoms with Crippen molar-refractivity contribution in [1.29, 1.82) is 0 Å². The van der Waals surface area contributed by atoms with Crippen LogP contribution in [0.2, 0.25) is 0 Å². The molecular weight excluding hydrogens is 428 g/mol. The first-order valence-electron chi connectivity index (χ1n) is 11.5. The van der Waals surface area contributed by atoms with Crippen LogP contribution in [0.5, 0.6) is 0 Å². The molecule has 2 aromatic heterocycles. The molecule has 2 aromatic carbocycles. The van der Waals surface area contributed by atoms with E-state index in [0.29, 0.717) is 18.8 Å². The molecule has 4 heterocycles. The van der Waals surface area contributed by atoms with Gasteiger partial charge in [-0.25, -0.2) is 9.97 Å². The van der Waals surface area contributed by atoms with E-state index >= 15 is 0 Å². The van der Waals surface area contributed by atoms with Gasteiger partial charge in [-0.1, -0.05) is 12.1 Å². The first-order valence-corrected chi connectivity index (χ1v) is 11.5. The maximum absolute atomic E-state index is 11.7. The highest BCUT2D eigenvalue weighted by molar-refractivity contribution is 5.99. The molecule has 4 aromatic rings. The van der Waals surface area contributed by atoms with Crippen LogP contribution >= 0.6 is 0 Å². The second-order valence-corrected chi connectivity index (χ2v) is 9.42. The monoisotopic (exact) mass is 454 g/mol. The summed E-state index contributed by atoms with van der Waals surface area (Å²) in [5, 5.41) is 16.8. The topological polar surface area (TPSA) is 94.8 Å². The lowest BCUT2D eigenvalue weighted by Gasteiger charge is -2.38. The second kappa shape index (κ2) is 7.85. The summed E-state index contributed by atoms with van der Waals surface area (Å²) in [7, 11) is 0. The van der Waals surface area contributed by atoms with Crippen molar-refractivity contribution >= 4 is 34.4 Å². The van der Waals surface area contributed by atoms with E-state index < -0.39 is 5.60 Å². The number of nitrogens with one attached hydrogen (secondary N) is 2. The molecule has 2 aliphatic heterocycles. The molecular formula is C26H26N6O2. The van der Waals surface area contributed by atoms with Crippen LogP contribution in [0.25, 0.3) is 16.9 Å². The minimum Gasteiger partial charge on any atom is -0.388 e. The SMILES string of the molecule is CC1(O)CCCN(c2ccc(Nc3nc(-c4ccc5c(c4)NC(=O)C5)cn4ccnc34)cc2)C1. The van der Waals surface area contributed by atoms with Crippen LogP contribution in [0, 0.1) is 0 Å². The molecule has 3 N–H and O–H groups in total. The molecule has 8 heteroatoms. The van der Waals surface area contributed by atoms with Crippen molar-refractivity contribution in [3.63, 3.8) is 0 Å². The number of aromatic nitrogens is 3. The maximum Gasteiger partial charge on any atom is 0.228 e. The average molecular weight is 455 g/mol. The zero-order chi connectivity index (χ0) is 23.3. The van der Waals surface area contributed by atoms with Crippen LogP contribution in [-0.4, -0.2) is 44.1 Å². The van der Waals surface area contributed by atoms with Crippen molar-refractivity contribution in [1.82, 2.24) is 14.4 Å². The number of piperidine rings is 1. The van der Waals surface area contributed by atoms with Crippen LogP contribution in [0.3, 0.4) is 0 Å². The first-order chi connectivity index (χ1) is 16.4. The number of imidazole rings is 1. The van der Waals surface area contributed by atoms with Gasteiger partial charge >= 0.3 is 0 Å². The van der Waals surface area contributed by atoms with Crippen LogP contribution in [-0.2, 0) is 11.2 Å². The highest BCUT2D eigenvalue weighted by Gasteiger charge is 2.28. The van der Waals surface area contributed by atoms with Crippen molar-refractivity contribution in [2.45, 2.75) is 31.8 Å². The Morgan fingerprint density at radius 2 is 2.03 bits per heavy atom. The van der Waals surface area contributed by atoms with Crippen molar-refractivity contribution in [3.8, 4) is 11.3 Å². The molecule has 1 saturated heterocycles. The Balaban J connectivity index is 1.29. The van der Waals surface area contributed by atoms with E-state index in [1.165, 1.54) is 0 Å². The Hall–Kier alpha value is -3.91. The summed E-state index contributed by atoms with van der Waals surface area (Å²) in [4.78, 5) is 23.3. The van der Waals surface area contributed by atoms with Gasteiger partial charge in [0.1, 0.15) is 0 Å². The number of rotatable bonds is 4. The van der Waals surface area contributed by atoms with Crippen molar-refractivity contribution in [2.75, 3.05) is 28.6 Å². The number of nitrogens with zero attached hydrogens (tertiary/aromatic N) is 4. The minimum atomic E-state index is -0.647. The number of benzene rings is 2. The first kappa shape index (κ1) is 20.7. The van der Waals surface area contributed by atoms with E-state index in [1.807, 2.05) is 54.0 Å². The molecule has 172 valence electrons. The van der Waals surface area contributed by atoms with Gasteiger partial charge < -0.3 is 25.0 Å². The minimum absolute atomic E-state index is 0.0177. The van der Waals surface area contributed by atoms with Gasteiger partial charge in [-0.15, -0.1) is 0 Å². The fraction of sp³-hybridized carbons (Fsp3) is 0.269. The summed E-state index contributed by atoms with van der Waals surface area (Å²) < 4.78 is 1.95. The summed E-state index contributed by atoms with van der Waals surface area (Å²) in [6.07, 6.45) is 7.82. The van der Waals surface area contributed by atoms with Gasteiger partial charge in [0.05, 0.1) is 17.7 Å². The Morgan fingerprint density at radius 1 is 1.18 bits per heavy atom. The van der Waals surface area contributed by atoms with Gasteiger partial charge in [-0.2, -0.15) is 0 Å². The third-order valence-corrected chi connectivity index (χ3v) is 6.57. The molecule has 0 bridgehead atoms. The van der Waals surface area contributed by atoms with Crippen LogP contribution in [0.15, 0.2) is 61.1 Å². The lowest BCUT2D eigenvalue weighted by atomic mass is 9.95. The fourth-order valence-corrected chi connectivity index (χ4v) is 4.86. The van der Waals surface area contributed by atoms with E-state index in [4.69, 9.17) is 4.98 Å². The maximum atomic E-state index is 11.7. The molecule has 0 spiro atoms. The molecule has 0 radical (unpaired) electrons. The summed E-state index contributed by atoms with van der Waals surface area (Å²) in [6, 6.07) is 14.1. The summed E-state index contributed by atoms with van der Waals surface area (Å²) >= 11 is 0. The van der Waals surface area contributed by atoms with E-state index in [1.54, 1.807) is 6.20 Å². The third kappa shape index (κ3) is 3.86. The predicted molar refractivity (Wildman–Crippen MR) is 133 cm³/mol. The zero-order valence-corrected chi connectivity index (χ0v) is 19.0. The molecule has 0 saturated carbocycles. The third-order valence-electron chi connectivity index (χ3n) is 6.57. The summed E-state index contributed by atoms with van der Waals surface area (Å²) in [5.41, 5.74) is 5.64. The number of hydrogen-bond acceptors (Lipinski definition) is 6. The molecule has 6 rings (SSSR count). The molecule has 2 aliphatic rings. The number of carbonyl (C=O) groups is 1. The van der Waals surface area contributed by atoms with Gasteiger partial charge in [0.25, 0.3) is 0 Å². The van der Waals surface area contributed by atoms with Crippen LogP contribution in [0.4, 0.5) is 22.9 Å². The molecule has 8 nitrogen and oxygen atoms in total. The number of β-amino-alcohol motifs (C(OH)–C–C–N with tert-alkyl or cyclic N) is 1. The zero-order valence-electron chi connectivity index (χ0n) is 19.0. The number of hydrogen-bond donors (Lipinski definition) is 3. The highest BCUT2D eigenvalue weighted by Crippen LogP contribution is 2.31. The Morgan fingerprint density at radius 3 is 2.85 bits per heavy atom. The number of carbonyl (C=O) groups excluding carboxylic acids is 1. The lowest BCUT2D eigenvalue weighted by molar-refractivity contribution is -0.115. The standard InChI is InChI=1S/C26H26N6O2/c1-26(34)9-2-11-32(16-26)20-7-5-19(6-8-20)28-24-25-27-10-12-31(25)15-22(30-24)17-3-4-18-14-23(33)29-21(18)13-17/h3-8,10,12-13,15,34H,2,9,11,14,16H2,1H3,(H,28,30)(H,29,33). The van der Waals surface area contributed by atoms with Crippen molar-refractivity contribution in [3.05, 3.63) is 66.6 Å². The summed E-state index contributed by atoms with van der Waals surface area (Å²) in [6.45, 7) is 3.49. The molecule has 34 heavy (non-hydrogen) atoms. The molecule has 0 aliphatic carbocycles. The second-order valence-electron chi connectivity index (χ2n) is 9.42. The van der Waals surface area contributed by atoms with Crippen LogP contribution in [0.1, 0.15) is 25.3 Å². The normalized spacial score (nSPS) is 19.8. The van der Waals surface area contributed by atoms with Crippen molar-refractivity contribution in [2.24, 2.45) is 0 Å². The molecule has 1 unspecified atom stereocenters. The van der Waals surface area contributed by atoms with Crippen LogP contribution < -0.4 is 15.5 Å². The molecule has 1 fully saturated rings. The van der Waals surface area contributed by atoms with Gasteiger partial charge in [-0.05, 0) is 55.7 Å². The number of fused-ring (bicyclic) bond motifs is 2. The smallest absolute Gasteiger partial charge is 0.228 e. The van der Waals surface area contributed by atoms with E-state index in [2.05, 4.69) is 32.7 Å². The molecule has 1 atom stereocenters. The van der Waals surface area contributed by atoms with E-state index in [9.17, 15) is 9.90 Å². The van der Waals surface area contributed by atoms with Gasteiger partial charge in [-0.3, -0.25) is 4.79 Å². The Kier molecular flexibility index (Phi) is 4.77. The van der Waals surface area contributed by atoms with Gasteiger partial charge in [0.15, 0.2) is 11.5 Å². The number of aliphatic hydroxyl groups is 1. The van der Waals surface area contributed by atoms with E-state index in [-0.39, 0.29) is 5.91 Å². The largest absolute Gasteiger partial charge is 0.388 e. The van der Waals surface area contributed by atoms with Gasteiger partial charge in [0.2, 0.25) is 5.91 Å². The Bertz CT molecular complexity index is 1390. The number of amides is 1. The summed E-state index contributed by atoms with van der Waals surface area (Å²) in [5.74, 6) is 0.671. The predicted octanol–water partition coefficient (Wildman–Crippen LogP) is 3.99. The lowest BCUT2D eigenvalue weighted by Crippen LogP contribution is -2.46. The number of anilines is 4. The fourth-order valence-electron chi connectivity index (χ4n) is 4.86. The highest BCUT2D eigenvalue weighted by atomic mass is 16.3. The van der Waals surface area contributed by atoms with E-state index in [0.717, 1.165) is 58.9 Å². The van der Waals surface area contributed by atoms with Crippen molar-refractivity contribution < 1.29 is 9.90 Å². The van der Waals surface area contributed by atoms with Gasteiger partial charge in [0, 0.05) is 54.3 Å². The average Bonchev–Trinajstić information content (AvgIpc) is 3.44. The quantitative estimate of drug-likeness (QED) is 0.432. The molecule has 1 amide bonds.